The summed E-state index contributed by atoms with van der Waals surface area (Å²) >= 11 is 0. The van der Waals surface area contributed by atoms with Gasteiger partial charge in [0.25, 0.3) is 5.91 Å². The molecule has 2 aromatic carbocycles. The van der Waals surface area contributed by atoms with Crippen molar-refractivity contribution in [2.45, 2.75) is 0 Å². The molecule has 0 unspecified atom stereocenters. The van der Waals surface area contributed by atoms with E-state index in [9.17, 15) is 22.8 Å². The van der Waals surface area contributed by atoms with Crippen molar-refractivity contribution >= 4 is 23.7 Å². The Kier molecular flexibility index (Phi) is 3.61. The van der Waals surface area contributed by atoms with E-state index in [1.807, 2.05) is 0 Å². The molecular formula is C16H9F3N2O2. The van der Waals surface area contributed by atoms with Crippen LogP contribution in [0.3, 0.4) is 0 Å². The molecule has 3 rings (SSSR count). The van der Waals surface area contributed by atoms with Gasteiger partial charge in [-0.15, -0.1) is 0 Å². The largest absolute Gasteiger partial charge is 0.333 e. The molecule has 0 aliphatic carbocycles. The smallest absolute Gasteiger partial charge is 0.302 e. The number of rotatable bonds is 2. The summed E-state index contributed by atoms with van der Waals surface area (Å²) < 4.78 is 40.6. The van der Waals surface area contributed by atoms with Crippen LogP contribution < -0.4 is 10.2 Å². The van der Waals surface area contributed by atoms with Crippen molar-refractivity contribution in [1.82, 2.24) is 5.32 Å². The Bertz CT molecular complexity index is 849. The number of nitrogens with zero attached hydrogens (tertiary/aromatic N) is 1. The lowest BCUT2D eigenvalue weighted by Gasteiger charge is -2.12. The molecule has 0 saturated carbocycles. The molecule has 7 heteroatoms. The summed E-state index contributed by atoms with van der Waals surface area (Å²) in [5, 5.41) is 2.22. The van der Waals surface area contributed by atoms with Crippen LogP contribution in [0.15, 0.2) is 48.2 Å². The average Bonchev–Trinajstić information content (AvgIpc) is 2.79. The summed E-state index contributed by atoms with van der Waals surface area (Å²) in [5.41, 5.74) is -0.661. The number of halogens is 3. The minimum absolute atomic E-state index is 0.0812. The van der Waals surface area contributed by atoms with Gasteiger partial charge in [0.1, 0.15) is 23.1 Å². The van der Waals surface area contributed by atoms with E-state index in [-0.39, 0.29) is 11.3 Å². The van der Waals surface area contributed by atoms with Gasteiger partial charge in [0.15, 0.2) is 0 Å². The number of nitrogens with one attached hydrogen (secondary N) is 1. The summed E-state index contributed by atoms with van der Waals surface area (Å²) in [4.78, 5) is 24.6. The number of carbonyl (C=O) groups is 2. The standard InChI is InChI=1S/C16H9F3N2O2/c17-10-5-6-12(19)14(8-10)21-15(22)13(20-16(21)23)7-9-3-1-2-4-11(9)18/h1-8H,(H,20,23)/b13-7-. The van der Waals surface area contributed by atoms with Crippen LogP contribution in [-0.4, -0.2) is 11.9 Å². The topological polar surface area (TPSA) is 49.4 Å². The molecule has 4 nitrogen and oxygen atoms in total. The Morgan fingerprint density at radius 3 is 2.43 bits per heavy atom. The summed E-state index contributed by atoms with van der Waals surface area (Å²) in [7, 11) is 0. The highest BCUT2D eigenvalue weighted by Gasteiger charge is 2.36. The maximum absolute atomic E-state index is 13.8. The summed E-state index contributed by atoms with van der Waals surface area (Å²) in [6.07, 6.45) is 1.13. The quantitative estimate of drug-likeness (QED) is 0.683. The van der Waals surface area contributed by atoms with Crippen LogP contribution in [0, 0.1) is 17.5 Å². The first kappa shape index (κ1) is 14.8. The van der Waals surface area contributed by atoms with Crippen LogP contribution in [0.2, 0.25) is 0 Å². The molecule has 1 saturated heterocycles. The second kappa shape index (κ2) is 5.60. The highest BCUT2D eigenvalue weighted by Crippen LogP contribution is 2.26. The van der Waals surface area contributed by atoms with Crippen molar-refractivity contribution in [3.63, 3.8) is 0 Å². The Balaban J connectivity index is 2.01. The molecular weight excluding hydrogens is 309 g/mol. The van der Waals surface area contributed by atoms with E-state index in [0.29, 0.717) is 4.90 Å². The molecule has 0 radical (unpaired) electrons. The van der Waals surface area contributed by atoms with Crippen molar-refractivity contribution in [3.05, 3.63) is 71.2 Å². The van der Waals surface area contributed by atoms with Crippen LogP contribution >= 0.6 is 0 Å². The van der Waals surface area contributed by atoms with Crippen LogP contribution in [-0.2, 0) is 4.79 Å². The minimum atomic E-state index is -0.943. The SMILES string of the molecule is O=C1N/C(=C\c2ccccc2F)C(=O)N1c1cc(F)ccc1F. The number of benzene rings is 2. The fraction of sp³-hybridized carbons (Fsp3) is 0. The van der Waals surface area contributed by atoms with E-state index in [4.69, 9.17) is 0 Å². The minimum Gasteiger partial charge on any atom is -0.302 e. The van der Waals surface area contributed by atoms with Gasteiger partial charge in [-0.05, 0) is 24.3 Å². The Morgan fingerprint density at radius 1 is 0.957 bits per heavy atom. The van der Waals surface area contributed by atoms with E-state index < -0.39 is 35.1 Å². The fourth-order valence-corrected chi connectivity index (χ4v) is 2.16. The lowest BCUT2D eigenvalue weighted by Crippen LogP contribution is -2.31. The van der Waals surface area contributed by atoms with E-state index >= 15 is 0 Å². The van der Waals surface area contributed by atoms with Gasteiger partial charge in [0.2, 0.25) is 0 Å². The zero-order chi connectivity index (χ0) is 16.6. The molecule has 1 fully saturated rings. The molecule has 0 bridgehead atoms. The normalized spacial score (nSPS) is 16.1. The molecule has 3 amide bonds. The molecule has 1 aliphatic rings. The number of amides is 3. The molecule has 0 aromatic heterocycles. The number of anilines is 1. The van der Waals surface area contributed by atoms with Crippen LogP contribution in [0.1, 0.15) is 5.56 Å². The van der Waals surface area contributed by atoms with Gasteiger partial charge in [-0.1, -0.05) is 18.2 Å². The summed E-state index contributed by atoms with van der Waals surface area (Å²) in [6.45, 7) is 0. The predicted octanol–water partition coefficient (Wildman–Crippen LogP) is 3.20. The summed E-state index contributed by atoms with van der Waals surface area (Å²) in [6, 6.07) is 7.10. The Labute approximate surface area is 128 Å². The van der Waals surface area contributed by atoms with Gasteiger partial charge in [0.05, 0.1) is 5.69 Å². The highest BCUT2D eigenvalue weighted by atomic mass is 19.1. The van der Waals surface area contributed by atoms with Gasteiger partial charge in [0, 0.05) is 11.6 Å². The van der Waals surface area contributed by atoms with E-state index in [2.05, 4.69) is 5.32 Å². The summed E-state index contributed by atoms with van der Waals surface area (Å²) in [5.74, 6) is -3.21. The Hall–Kier alpha value is -3.09. The number of urea groups is 1. The van der Waals surface area contributed by atoms with Crippen molar-refractivity contribution in [2.24, 2.45) is 0 Å². The number of imide groups is 1. The van der Waals surface area contributed by atoms with Crippen molar-refractivity contribution in [1.29, 1.82) is 0 Å². The van der Waals surface area contributed by atoms with Gasteiger partial charge < -0.3 is 5.32 Å². The molecule has 1 heterocycles. The van der Waals surface area contributed by atoms with Crippen molar-refractivity contribution in [3.8, 4) is 0 Å². The first-order chi connectivity index (χ1) is 11.0. The second-order valence-corrected chi connectivity index (χ2v) is 4.75. The van der Waals surface area contributed by atoms with Crippen LogP contribution in [0.25, 0.3) is 6.08 Å². The second-order valence-electron chi connectivity index (χ2n) is 4.75. The molecule has 23 heavy (non-hydrogen) atoms. The van der Waals surface area contributed by atoms with Gasteiger partial charge in [-0.2, -0.15) is 0 Å². The van der Waals surface area contributed by atoms with Crippen molar-refractivity contribution < 1.29 is 22.8 Å². The molecule has 1 aliphatic heterocycles. The maximum Gasteiger partial charge on any atom is 0.333 e. The lowest BCUT2D eigenvalue weighted by molar-refractivity contribution is -0.113. The van der Waals surface area contributed by atoms with Gasteiger partial charge >= 0.3 is 6.03 Å². The first-order valence-electron chi connectivity index (χ1n) is 6.54. The monoisotopic (exact) mass is 318 g/mol. The molecule has 0 spiro atoms. The Morgan fingerprint density at radius 2 is 1.70 bits per heavy atom. The third-order valence-corrected chi connectivity index (χ3v) is 3.23. The van der Waals surface area contributed by atoms with Crippen molar-refractivity contribution in [2.75, 3.05) is 4.90 Å². The van der Waals surface area contributed by atoms with Crippen LogP contribution in [0.5, 0.6) is 0 Å². The number of hydrogen-bond donors (Lipinski definition) is 1. The fourth-order valence-electron chi connectivity index (χ4n) is 2.16. The predicted molar refractivity (Wildman–Crippen MR) is 76.8 cm³/mol. The van der Waals surface area contributed by atoms with E-state index in [0.717, 1.165) is 24.3 Å². The van der Waals surface area contributed by atoms with Gasteiger partial charge in [-0.3, -0.25) is 4.79 Å². The number of hydrogen-bond acceptors (Lipinski definition) is 2. The molecule has 2 aromatic rings. The zero-order valence-electron chi connectivity index (χ0n) is 11.5. The van der Waals surface area contributed by atoms with Crippen LogP contribution in [0.4, 0.5) is 23.7 Å². The molecule has 1 N–H and O–H groups in total. The van der Waals surface area contributed by atoms with Gasteiger partial charge in [-0.25, -0.2) is 22.9 Å². The average molecular weight is 318 g/mol. The van der Waals surface area contributed by atoms with E-state index in [1.165, 1.54) is 18.2 Å². The van der Waals surface area contributed by atoms with E-state index in [1.54, 1.807) is 6.07 Å². The third kappa shape index (κ3) is 2.68. The zero-order valence-corrected chi connectivity index (χ0v) is 11.5. The third-order valence-electron chi connectivity index (χ3n) is 3.23. The maximum atomic E-state index is 13.8. The lowest BCUT2D eigenvalue weighted by atomic mass is 10.1. The molecule has 0 atom stereocenters. The number of carbonyl (C=O) groups excluding carboxylic acids is 2. The molecule has 116 valence electrons. The first-order valence-corrected chi connectivity index (χ1v) is 6.54. The highest BCUT2D eigenvalue weighted by molar-refractivity contribution is 6.28.